The molecule has 7 nitrogen and oxygen atoms in total. The summed E-state index contributed by atoms with van der Waals surface area (Å²) in [4.78, 5) is 17.8. The molecule has 0 aliphatic carbocycles. The van der Waals surface area contributed by atoms with Crippen LogP contribution in [0.15, 0.2) is 27.8 Å². The van der Waals surface area contributed by atoms with Crippen molar-refractivity contribution in [2.75, 3.05) is 40.3 Å². The first-order valence-electron chi connectivity index (χ1n) is 8.53. The first kappa shape index (κ1) is 18.3. The summed E-state index contributed by atoms with van der Waals surface area (Å²) in [6.45, 7) is 3.36. The van der Waals surface area contributed by atoms with Crippen molar-refractivity contribution in [3.63, 3.8) is 0 Å². The van der Waals surface area contributed by atoms with Gasteiger partial charge in [-0.3, -0.25) is 14.7 Å². The second-order valence-corrected chi connectivity index (χ2v) is 5.83. The van der Waals surface area contributed by atoms with Crippen molar-refractivity contribution >= 4 is 11.9 Å². The summed E-state index contributed by atoms with van der Waals surface area (Å²) >= 11 is 0. The van der Waals surface area contributed by atoms with Crippen molar-refractivity contribution in [3.8, 4) is 0 Å². The van der Waals surface area contributed by atoms with Gasteiger partial charge in [0.1, 0.15) is 5.76 Å². The molecule has 1 aliphatic heterocycles. The first-order chi connectivity index (χ1) is 11.7. The molecular weight excluding hydrogens is 308 g/mol. The summed E-state index contributed by atoms with van der Waals surface area (Å²) in [5, 5.41) is 6.46. The van der Waals surface area contributed by atoms with Crippen LogP contribution in [0.25, 0.3) is 0 Å². The molecule has 0 amide bonds. The summed E-state index contributed by atoms with van der Waals surface area (Å²) in [6, 6.07) is 4.13. The summed E-state index contributed by atoms with van der Waals surface area (Å²) in [7, 11) is 3.11. The molecule has 1 fully saturated rings. The van der Waals surface area contributed by atoms with E-state index < -0.39 is 0 Å². The third kappa shape index (κ3) is 5.56. The van der Waals surface area contributed by atoms with Crippen molar-refractivity contribution < 1.29 is 13.9 Å². The number of aliphatic imine (C=N–C) groups is 1. The minimum atomic E-state index is -0.236. The molecule has 1 aliphatic rings. The minimum absolute atomic E-state index is 0.180. The normalized spacial score (nSPS) is 17.3. The van der Waals surface area contributed by atoms with Gasteiger partial charge in [0.05, 0.1) is 25.8 Å². The van der Waals surface area contributed by atoms with Crippen molar-refractivity contribution in [1.82, 2.24) is 15.5 Å². The number of ether oxygens (including phenoxy) is 1. The number of guanidine groups is 1. The molecule has 1 atom stereocenters. The van der Waals surface area contributed by atoms with Crippen LogP contribution in [0.4, 0.5) is 0 Å². The van der Waals surface area contributed by atoms with Crippen LogP contribution in [0.1, 0.15) is 37.5 Å². The van der Waals surface area contributed by atoms with Gasteiger partial charge in [0.15, 0.2) is 5.96 Å². The van der Waals surface area contributed by atoms with E-state index in [0.717, 1.165) is 18.8 Å². The Hall–Kier alpha value is -2.02. The molecule has 2 rings (SSSR count). The predicted octanol–water partition coefficient (Wildman–Crippen LogP) is 1.53. The highest BCUT2D eigenvalue weighted by atomic mass is 16.5. The SMILES string of the molecule is CN=C(NCCC(=O)OC)NCC(c1ccco1)N1CCCCC1. The molecule has 0 spiro atoms. The maximum atomic E-state index is 11.2. The topological polar surface area (TPSA) is 79.1 Å². The molecule has 2 heterocycles. The number of carbonyl (C=O) groups excluding carboxylic acids is 1. The molecular formula is C17H28N4O3. The molecule has 0 saturated carbocycles. The number of esters is 1. The quantitative estimate of drug-likeness (QED) is 0.447. The standard InChI is InChI=1S/C17H28N4O3/c1-18-17(19-9-8-16(22)23-2)20-13-14(15-7-6-12-24-15)21-10-4-3-5-11-21/h6-7,12,14H,3-5,8-11,13H2,1-2H3,(H2,18,19,20). The molecule has 24 heavy (non-hydrogen) atoms. The summed E-state index contributed by atoms with van der Waals surface area (Å²) in [5.74, 6) is 1.40. The number of hydrogen-bond acceptors (Lipinski definition) is 5. The number of nitrogens with one attached hydrogen (secondary N) is 2. The first-order valence-corrected chi connectivity index (χ1v) is 8.53. The van der Waals surface area contributed by atoms with Gasteiger partial charge in [0.25, 0.3) is 0 Å². The summed E-state index contributed by atoms with van der Waals surface area (Å²) in [5.41, 5.74) is 0. The minimum Gasteiger partial charge on any atom is -0.469 e. The Kier molecular flexibility index (Phi) is 7.61. The number of hydrogen-bond donors (Lipinski definition) is 2. The lowest BCUT2D eigenvalue weighted by Gasteiger charge is -2.33. The molecule has 1 unspecified atom stereocenters. The van der Waals surface area contributed by atoms with Crippen molar-refractivity contribution in [2.24, 2.45) is 4.99 Å². The highest BCUT2D eigenvalue weighted by Gasteiger charge is 2.24. The fraction of sp³-hybridized carbons (Fsp3) is 0.647. The van der Waals surface area contributed by atoms with Crippen molar-refractivity contribution in [3.05, 3.63) is 24.2 Å². The van der Waals surface area contributed by atoms with E-state index in [2.05, 4.69) is 25.3 Å². The van der Waals surface area contributed by atoms with E-state index in [1.54, 1.807) is 13.3 Å². The fourth-order valence-electron chi connectivity index (χ4n) is 2.92. The van der Waals surface area contributed by atoms with Crippen LogP contribution in [-0.4, -0.2) is 57.2 Å². The largest absolute Gasteiger partial charge is 0.469 e. The Morgan fingerprint density at radius 3 is 2.79 bits per heavy atom. The van der Waals surface area contributed by atoms with E-state index in [-0.39, 0.29) is 12.0 Å². The molecule has 0 radical (unpaired) electrons. The lowest BCUT2D eigenvalue weighted by molar-refractivity contribution is -0.140. The Bertz CT molecular complexity index is 510. The van der Waals surface area contributed by atoms with E-state index in [4.69, 9.17) is 4.42 Å². The number of likely N-dealkylation sites (tertiary alicyclic amines) is 1. The van der Waals surface area contributed by atoms with E-state index in [0.29, 0.717) is 25.5 Å². The molecule has 1 aromatic heterocycles. The van der Waals surface area contributed by atoms with Gasteiger partial charge in [-0.15, -0.1) is 0 Å². The Labute approximate surface area is 143 Å². The number of carbonyl (C=O) groups is 1. The maximum absolute atomic E-state index is 11.2. The predicted molar refractivity (Wildman–Crippen MR) is 92.9 cm³/mol. The molecule has 0 bridgehead atoms. The number of rotatable bonds is 7. The maximum Gasteiger partial charge on any atom is 0.307 e. The molecule has 1 saturated heterocycles. The van der Waals surface area contributed by atoms with Gasteiger partial charge < -0.3 is 19.8 Å². The number of methoxy groups -OCH3 is 1. The number of furan rings is 1. The van der Waals surface area contributed by atoms with Gasteiger partial charge in [-0.1, -0.05) is 6.42 Å². The molecule has 2 N–H and O–H groups in total. The Balaban J connectivity index is 1.87. The molecule has 7 heteroatoms. The van der Waals surface area contributed by atoms with Crippen molar-refractivity contribution in [1.29, 1.82) is 0 Å². The van der Waals surface area contributed by atoms with Gasteiger partial charge in [-0.05, 0) is 38.1 Å². The van der Waals surface area contributed by atoms with Crippen LogP contribution in [0.5, 0.6) is 0 Å². The van der Waals surface area contributed by atoms with Crippen LogP contribution in [0, 0.1) is 0 Å². The zero-order chi connectivity index (χ0) is 17.2. The van der Waals surface area contributed by atoms with Crippen LogP contribution in [0.2, 0.25) is 0 Å². The van der Waals surface area contributed by atoms with Gasteiger partial charge >= 0.3 is 5.97 Å². The molecule has 0 aromatic carbocycles. The smallest absolute Gasteiger partial charge is 0.307 e. The van der Waals surface area contributed by atoms with E-state index >= 15 is 0 Å². The van der Waals surface area contributed by atoms with Gasteiger partial charge in [-0.2, -0.15) is 0 Å². The van der Waals surface area contributed by atoms with E-state index in [1.807, 2.05) is 12.1 Å². The number of piperidine rings is 1. The average Bonchev–Trinajstić information content (AvgIpc) is 3.15. The second-order valence-electron chi connectivity index (χ2n) is 5.83. The van der Waals surface area contributed by atoms with Crippen LogP contribution in [-0.2, 0) is 9.53 Å². The summed E-state index contributed by atoms with van der Waals surface area (Å²) < 4.78 is 10.3. The highest BCUT2D eigenvalue weighted by Crippen LogP contribution is 2.24. The molecule has 134 valence electrons. The number of nitrogens with zero attached hydrogens (tertiary/aromatic N) is 2. The van der Waals surface area contributed by atoms with Gasteiger partial charge in [-0.25, -0.2) is 0 Å². The van der Waals surface area contributed by atoms with E-state index in [9.17, 15) is 4.79 Å². The third-order valence-corrected chi connectivity index (χ3v) is 4.24. The van der Waals surface area contributed by atoms with Crippen molar-refractivity contribution in [2.45, 2.75) is 31.7 Å². The second kappa shape index (κ2) is 9.97. The fourth-order valence-corrected chi connectivity index (χ4v) is 2.92. The highest BCUT2D eigenvalue weighted by molar-refractivity contribution is 5.80. The zero-order valence-corrected chi connectivity index (χ0v) is 14.6. The van der Waals surface area contributed by atoms with Gasteiger partial charge in [0.2, 0.25) is 0 Å². The monoisotopic (exact) mass is 336 g/mol. The van der Waals surface area contributed by atoms with Crippen LogP contribution < -0.4 is 10.6 Å². The average molecular weight is 336 g/mol. The van der Waals surface area contributed by atoms with Gasteiger partial charge in [0, 0.05) is 20.1 Å². The lowest BCUT2D eigenvalue weighted by atomic mass is 10.1. The molecule has 1 aromatic rings. The van der Waals surface area contributed by atoms with Crippen LogP contribution >= 0.6 is 0 Å². The zero-order valence-electron chi connectivity index (χ0n) is 14.6. The van der Waals surface area contributed by atoms with E-state index in [1.165, 1.54) is 26.4 Å². The Morgan fingerprint density at radius 1 is 1.38 bits per heavy atom. The van der Waals surface area contributed by atoms with Crippen LogP contribution in [0.3, 0.4) is 0 Å². The third-order valence-electron chi connectivity index (χ3n) is 4.24. The lowest BCUT2D eigenvalue weighted by Crippen LogP contribution is -2.44. The Morgan fingerprint density at radius 2 is 2.17 bits per heavy atom. The summed E-state index contributed by atoms with van der Waals surface area (Å²) in [6.07, 6.45) is 5.78.